The molecule has 3 heterocycles. The third-order valence-electron chi connectivity index (χ3n) is 5.77. The van der Waals surface area contributed by atoms with Crippen molar-refractivity contribution in [2.45, 2.75) is 26.3 Å². The predicted octanol–water partition coefficient (Wildman–Crippen LogP) is 4.23. The lowest BCUT2D eigenvalue weighted by molar-refractivity contribution is 0.588. The molecule has 2 aromatic heterocycles. The van der Waals surface area contributed by atoms with Gasteiger partial charge in [-0.15, -0.1) is 0 Å². The van der Waals surface area contributed by atoms with Crippen LogP contribution >= 0.6 is 11.3 Å². The van der Waals surface area contributed by atoms with E-state index < -0.39 is 0 Å². The van der Waals surface area contributed by atoms with E-state index in [1.54, 1.807) is 16.5 Å². The van der Waals surface area contributed by atoms with Gasteiger partial charge in [-0.1, -0.05) is 29.5 Å². The quantitative estimate of drug-likeness (QED) is 0.476. The number of hydrogen-bond donors (Lipinski definition) is 0. The molecule has 0 amide bonds. The highest BCUT2D eigenvalue weighted by atomic mass is 32.1. The van der Waals surface area contributed by atoms with Crippen LogP contribution in [0.5, 0.6) is 0 Å². The minimum atomic E-state index is -0.337. The molecule has 4 aromatic rings. The minimum absolute atomic E-state index is 0.165. The van der Waals surface area contributed by atoms with Gasteiger partial charge >= 0.3 is 0 Å². The van der Waals surface area contributed by atoms with Crippen molar-refractivity contribution in [1.29, 1.82) is 0 Å². The number of rotatable bonds is 1. The van der Waals surface area contributed by atoms with Crippen LogP contribution in [0.4, 0.5) is 10.1 Å². The Bertz CT molecular complexity index is 1440. The number of thiazole rings is 1. The molecule has 0 unspecified atom stereocenters. The Hall–Kier alpha value is -2.99. The fourth-order valence-corrected chi connectivity index (χ4v) is 5.03. The average molecular weight is 405 g/mol. The number of imidazole rings is 1. The molecule has 1 aliphatic heterocycles. The molecule has 0 saturated heterocycles. The molecule has 1 aliphatic rings. The first-order valence-corrected chi connectivity index (χ1v) is 10.3. The summed E-state index contributed by atoms with van der Waals surface area (Å²) in [6.45, 7) is 6.25. The van der Waals surface area contributed by atoms with E-state index in [2.05, 4.69) is 29.8 Å². The SMILES string of the molecule is CC1=CC(C)(C)N(C)c2cc(F)c(/C=c3/sc4nc5ccccc5n4c3=O)cc21. The molecule has 0 radical (unpaired) electrons. The molecule has 146 valence electrons. The van der Waals surface area contributed by atoms with Crippen molar-refractivity contribution in [2.75, 3.05) is 11.9 Å². The van der Waals surface area contributed by atoms with E-state index in [9.17, 15) is 9.18 Å². The van der Waals surface area contributed by atoms with Gasteiger partial charge in [0.25, 0.3) is 5.56 Å². The molecule has 4 nitrogen and oxygen atoms in total. The Balaban J connectivity index is 1.72. The van der Waals surface area contributed by atoms with Crippen LogP contribution < -0.4 is 15.0 Å². The van der Waals surface area contributed by atoms with Crippen molar-refractivity contribution >= 4 is 44.7 Å². The zero-order valence-corrected chi connectivity index (χ0v) is 17.5. The fourth-order valence-electron chi connectivity index (χ4n) is 4.05. The highest BCUT2D eigenvalue weighted by Gasteiger charge is 2.29. The number of likely N-dealkylation sites (N-methyl/N-ethyl adjacent to an activating group) is 1. The van der Waals surface area contributed by atoms with Gasteiger partial charge in [-0.05, 0) is 56.7 Å². The van der Waals surface area contributed by atoms with E-state index in [1.807, 2.05) is 44.3 Å². The smallest absolute Gasteiger partial charge is 0.274 e. The first-order valence-electron chi connectivity index (χ1n) is 9.45. The number of benzene rings is 2. The molecule has 2 aromatic carbocycles. The Labute approximate surface area is 171 Å². The van der Waals surface area contributed by atoms with Gasteiger partial charge in [0.15, 0.2) is 4.96 Å². The highest BCUT2D eigenvalue weighted by molar-refractivity contribution is 7.15. The van der Waals surface area contributed by atoms with Crippen molar-refractivity contribution in [1.82, 2.24) is 9.38 Å². The van der Waals surface area contributed by atoms with Gasteiger partial charge in [-0.25, -0.2) is 13.8 Å². The lowest BCUT2D eigenvalue weighted by Gasteiger charge is -2.40. The maximum Gasteiger partial charge on any atom is 0.274 e. The summed E-state index contributed by atoms with van der Waals surface area (Å²) >= 11 is 1.28. The summed E-state index contributed by atoms with van der Waals surface area (Å²) in [4.78, 5) is 20.2. The first kappa shape index (κ1) is 18.1. The Morgan fingerprint density at radius 3 is 2.76 bits per heavy atom. The van der Waals surface area contributed by atoms with Gasteiger partial charge in [0, 0.05) is 23.9 Å². The number of hydrogen-bond acceptors (Lipinski definition) is 4. The predicted molar refractivity (Wildman–Crippen MR) is 118 cm³/mol. The Morgan fingerprint density at radius 1 is 1.21 bits per heavy atom. The molecule has 6 heteroatoms. The molecule has 0 N–H and O–H groups in total. The first-order chi connectivity index (χ1) is 13.8. The number of fused-ring (bicyclic) bond motifs is 4. The second-order valence-corrected chi connectivity index (χ2v) is 9.07. The van der Waals surface area contributed by atoms with Gasteiger partial charge < -0.3 is 4.90 Å². The summed E-state index contributed by atoms with van der Waals surface area (Å²) in [5.41, 5.74) is 4.57. The third kappa shape index (κ3) is 2.63. The normalized spacial score (nSPS) is 16.5. The molecule has 0 saturated carbocycles. The molecule has 0 atom stereocenters. The van der Waals surface area contributed by atoms with Crippen molar-refractivity contribution < 1.29 is 4.39 Å². The minimum Gasteiger partial charge on any atom is -0.365 e. The van der Waals surface area contributed by atoms with Crippen molar-refractivity contribution in [3.05, 3.63) is 74.3 Å². The van der Waals surface area contributed by atoms with Crippen LogP contribution in [0.25, 0.3) is 27.6 Å². The summed E-state index contributed by atoms with van der Waals surface area (Å²) in [5.74, 6) is -0.337. The Morgan fingerprint density at radius 2 is 1.97 bits per heavy atom. The molecule has 29 heavy (non-hydrogen) atoms. The van der Waals surface area contributed by atoms with E-state index in [0.29, 0.717) is 15.1 Å². The number of allylic oxidation sites excluding steroid dienone is 1. The van der Waals surface area contributed by atoms with Crippen LogP contribution in [0.15, 0.2) is 47.3 Å². The average Bonchev–Trinajstić information content (AvgIpc) is 3.17. The topological polar surface area (TPSA) is 37.6 Å². The van der Waals surface area contributed by atoms with Crippen LogP contribution in [-0.4, -0.2) is 22.0 Å². The van der Waals surface area contributed by atoms with Gasteiger partial charge in [0.05, 0.1) is 21.1 Å². The largest absolute Gasteiger partial charge is 0.365 e. The van der Waals surface area contributed by atoms with Crippen molar-refractivity contribution in [3.63, 3.8) is 0 Å². The molecule has 5 rings (SSSR count). The van der Waals surface area contributed by atoms with E-state index in [1.165, 1.54) is 11.3 Å². The van der Waals surface area contributed by atoms with Gasteiger partial charge in [0.1, 0.15) is 5.82 Å². The summed E-state index contributed by atoms with van der Waals surface area (Å²) in [6.07, 6.45) is 3.82. The number of nitrogens with zero attached hydrogens (tertiary/aromatic N) is 3. The maximum absolute atomic E-state index is 15.0. The van der Waals surface area contributed by atoms with Crippen LogP contribution in [0.3, 0.4) is 0 Å². The molecule has 0 fully saturated rings. The number of anilines is 1. The second-order valence-electron chi connectivity index (χ2n) is 8.07. The molecular formula is C23H20FN3OS. The second kappa shape index (κ2) is 6.00. The molecule has 0 bridgehead atoms. The van der Waals surface area contributed by atoms with Crippen LogP contribution in [0.2, 0.25) is 0 Å². The lowest BCUT2D eigenvalue weighted by atomic mass is 9.88. The third-order valence-corrected chi connectivity index (χ3v) is 6.74. The Kier molecular flexibility index (Phi) is 3.74. The van der Waals surface area contributed by atoms with E-state index in [-0.39, 0.29) is 16.9 Å². The van der Waals surface area contributed by atoms with Gasteiger partial charge in [0.2, 0.25) is 0 Å². The standard InChI is InChI=1S/C23H20FN3OS/c1-13-12-23(2,3)26(4)19-11-16(24)14(9-15(13)19)10-20-21(28)27-18-8-6-5-7-17(18)25-22(27)29-20/h5-12H,1-4H3/b20-10+. The number of aromatic nitrogens is 2. The van der Waals surface area contributed by atoms with E-state index >= 15 is 0 Å². The molecular weight excluding hydrogens is 385 g/mol. The zero-order chi connectivity index (χ0) is 20.5. The van der Waals surface area contributed by atoms with Crippen LogP contribution in [-0.2, 0) is 0 Å². The number of para-hydroxylation sites is 2. The number of halogens is 1. The van der Waals surface area contributed by atoms with Crippen LogP contribution in [0.1, 0.15) is 31.9 Å². The molecule has 0 aliphatic carbocycles. The zero-order valence-electron chi connectivity index (χ0n) is 16.7. The molecule has 0 spiro atoms. The maximum atomic E-state index is 15.0. The monoisotopic (exact) mass is 405 g/mol. The van der Waals surface area contributed by atoms with E-state index in [4.69, 9.17) is 0 Å². The lowest BCUT2D eigenvalue weighted by Crippen LogP contribution is -2.42. The van der Waals surface area contributed by atoms with Gasteiger partial charge in [-0.3, -0.25) is 4.79 Å². The van der Waals surface area contributed by atoms with E-state index in [0.717, 1.165) is 27.9 Å². The fraction of sp³-hybridized carbons (Fsp3) is 0.217. The summed E-state index contributed by atoms with van der Waals surface area (Å²) in [6, 6.07) is 10.9. The van der Waals surface area contributed by atoms with Crippen LogP contribution in [0, 0.1) is 5.82 Å². The summed E-state index contributed by atoms with van der Waals surface area (Å²) in [5, 5.41) is 0. The highest BCUT2D eigenvalue weighted by Crippen LogP contribution is 2.39. The summed E-state index contributed by atoms with van der Waals surface area (Å²) < 4.78 is 17.1. The van der Waals surface area contributed by atoms with Gasteiger partial charge in [-0.2, -0.15) is 0 Å². The van der Waals surface area contributed by atoms with Crippen molar-refractivity contribution in [3.8, 4) is 0 Å². The van der Waals surface area contributed by atoms with Crippen molar-refractivity contribution in [2.24, 2.45) is 0 Å². The summed E-state index contributed by atoms with van der Waals surface area (Å²) in [7, 11) is 1.97.